The number of nitrogens with one attached hydrogen (secondary N) is 2. The van der Waals surface area contributed by atoms with Crippen LogP contribution in [-0.4, -0.2) is 10.9 Å². The fourth-order valence-corrected chi connectivity index (χ4v) is 1.54. The minimum Gasteiger partial charge on any atom is -0.361 e. The van der Waals surface area contributed by atoms with Crippen molar-refractivity contribution < 1.29 is 9.18 Å². The van der Waals surface area contributed by atoms with E-state index in [0.717, 1.165) is 17.3 Å². The van der Waals surface area contributed by atoms with Crippen LogP contribution in [0.1, 0.15) is 0 Å². The van der Waals surface area contributed by atoms with E-state index in [0.29, 0.717) is 5.69 Å². The van der Waals surface area contributed by atoms with E-state index < -0.39 is 5.82 Å². The highest BCUT2D eigenvalue weighted by atomic mass is 19.1. The Bertz CT molecular complexity index is 547. The molecule has 0 unspecified atom stereocenters. The van der Waals surface area contributed by atoms with E-state index >= 15 is 0 Å². The van der Waals surface area contributed by atoms with Crippen LogP contribution in [0.15, 0.2) is 49.2 Å². The molecule has 0 bridgehead atoms. The lowest BCUT2D eigenvalue weighted by atomic mass is 10.1. The van der Waals surface area contributed by atoms with Gasteiger partial charge in [0.1, 0.15) is 5.82 Å². The second kappa shape index (κ2) is 4.65. The number of carbonyl (C=O) groups is 1. The van der Waals surface area contributed by atoms with Crippen molar-refractivity contribution in [3.05, 3.63) is 55.0 Å². The second-order valence-corrected chi connectivity index (χ2v) is 3.47. The molecule has 0 radical (unpaired) electrons. The standard InChI is InChI=1S/C13H11FN2O/c1-2-13(17)16-12-8-9(14)5-6-10(12)11-4-3-7-15-11/h2-8,15H,1H2,(H,16,17). The molecular weight excluding hydrogens is 219 g/mol. The average Bonchev–Trinajstić information content (AvgIpc) is 2.82. The molecule has 4 heteroatoms. The summed E-state index contributed by atoms with van der Waals surface area (Å²) in [4.78, 5) is 14.3. The Balaban J connectivity index is 2.44. The maximum absolute atomic E-state index is 13.2. The largest absolute Gasteiger partial charge is 0.361 e. The molecule has 2 N–H and O–H groups in total. The maximum atomic E-state index is 13.2. The first-order valence-electron chi connectivity index (χ1n) is 5.07. The van der Waals surface area contributed by atoms with E-state index in [1.54, 1.807) is 12.3 Å². The van der Waals surface area contributed by atoms with Crippen LogP contribution >= 0.6 is 0 Å². The normalized spacial score (nSPS) is 9.94. The smallest absolute Gasteiger partial charge is 0.247 e. The summed E-state index contributed by atoms with van der Waals surface area (Å²) in [6.07, 6.45) is 2.90. The number of carbonyl (C=O) groups excluding carboxylic acids is 1. The number of hydrogen-bond donors (Lipinski definition) is 2. The molecular formula is C13H11FN2O. The Morgan fingerprint density at radius 2 is 2.24 bits per heavy atom. The minimum absolute atomic E-state index is 0.372. The van der Waals surface area contributed by atoms with Gasteiger partial charge in [0, 0.05) is 17.5 Å². The minimum atomic E-state index is -0.403. The highest BCUT2D eigenvalue weighted by molar-refractivity contribution is 6.01. The van der Waals surface area contributed by atoms with Gasteiger partial charge in [-0.05, 0) is 36.4 Å². The molecule has 0 aliphatic heterocycles. The van der Waals surface area contributed by atoms with Crippen molar-refractivity contribution in [3.63, 3.8) is 0 Å². The molecule has 2 rings (SSSR count). The molecule has 86 valence electrons. The molecule has 0 atom stereocenters. The highest BCUT2D eigenvalue weighted by Crippen LogP contribution is 2.27. The number of hydrogen-bond acceptors (Lipinski definition) is 1. The van der Waals surface area contributed by atoms with Crippen LogP contribution in [0, 0.1) is 5.82 Å². The number of halogens is 1. The van der Waals surface area contributed by atoms with Crippen LogP contribution in [0.5, 0.6) is 0 Å². The molecule has 0 aliphatic carbocycles. The van der Waals surface area contributed by atoms with Crippen molar-refractivity contribution in [3.8, 4) is 11.3 Å². The summed E-state index contributed by atoms with van der Waals surface area (Å²) in [7, 11) is 0. The van der Waals surface area contributed by atoms with Gasteiger partial charge in [0.05, 0.1) is 5.69 Å². The highest BCUT2D eigenvalue weighted by Gasteiger charge is 2.08. The molecule has 0 fully saturated rings. The first kappa shape index (κ1) is 11.1. The third-order valence-corrected chi connectivity index (χ3v) is 2.31. The Hall–Kier alpha value is -2.36. The number of amides is 1. The van der Waals surface area contributed by atoms with Gasteiger partial charge < -0.3 is 10.3 Å². The van der Waals surface area contributed by atoms with E-state index in [1.807, 2.05) is 12.1 Å². The van der Waals surface area contributed by atoms with Crippen LogP contribution in [-0.2, 0) is 4.79 Å². The fraction of sp³-hybridized carbons (Fsp3) is 0. The Morgan fingerprint density at radius 3 is 2.88 bits per heavy atom. The lowest BCUT2D eigenvalue weighted by molar-refractivity contribution is -0.111. The number of rotatable bonds is 3. The topological polar surface area (TPSA) is 44.9 Å². The molecule has 2 aromatic rings. The van der Waals surface area contributed by atoms with Crippen molar-refractivity contribution in [1.82, 2.24) is 4.98 Å². The quantitative estimate of drug-likeness (QED) is 0.782. The van der Waals surface area contributed by atoms with Crippen molar-refractivity contribution in [1.29, 1.82) is 0 Å². The number of benzene rings is 1. The zero-order valence-corrected chi connectivity index (χ0v) is 9.03. The second-order valence-electron chi connectivity index (χ2n) is 3.47. The summed E-state index contributed by atoms with van der Waals surface area (Å²) < 4.78 is 13.2. The molecule has 0 saturated carbocycles. The zero-order chi connectivity index (χ0) is 12.3. The molecule has 1 aromatic heterocycles. The van der Waals surface area contributed by atoms with E-state index in [4.69, 9.17) is 0 Å². The van der Waals surface area contributed by atoms with Gasteiger partial charge in [-0.25, -0.2) is 4.39 Å². The Kier molecular flexibility index (Phi) is 3.05. The van der Waals surface area contributed by atoms with Gasteiger partial charge in [-0.3, -0.25) is 4.79 Å². The van der Waals surface area contributed by atoms with E-state index in [-0.39, 0.29) is 5.91 Å². The van der Waals surface area contributed by atoms with Gasteiger partial charge in [0.15, 0.2) is 0 Å². The van der Waals surface area contributed by atoms with Crippen LogP contribution in [0.2, 0.25) is 0 Å². The average molecular weight is 230 g/mol. The van der Waals surface area contributed by atoms with Crippen LogP contribution in [0.3, 0.4) is 0 Å². The van der Waals surface area contributed by atoms with Gasteiger partial charge in [-0.2, -0.15) is 0 Å². The fourth-order valence-electron chi connectivity index (χ4n) is 1.54. The molecule has 0 spiro atoms. The van der Waals surface area contributed by atoms with Gasteiger partial charge in [-0.15, -0.1) is 0 Å². The predicted molar refractivity (Wildman–Crippen MR) is 65.0 cm³/mol. The first-order valence-corrected chi connectivity index (χ1v) is 5.07. The monoisotopic (exact) mass is 230 g/mol. The van der Waals surface area contributed by atoms with Gasteiger partial charge >= 0.3 is 0 Å². The van der Waals surface area contributed by atoms with Crippen molar-refractivity contribution in [2.75, 3.05) is 5.32 Å². The van der Waals surface area contributed by atoms with Crippen molar-refractivity contribution in [2.45, 2.75) is 0 Å². The van der Waals surface area contributed by atoms with Crippen LogP contribution < -0.4 is 5.32 Å². The van der Waals surface area contributed by atoms with Gasteiger partial charge in [-0.1, -0.05) is 6.58 Å². The van der Waals surface area contributed by atoms with Crippen LogP contribution in [0.25, 0.3) is 11.3 Å². The molecule has 0 saturated heterocycles. The zero-order valence-electron chi connectivity index (χ0n) is 9.03. The number of H-pyrrole nitrogens is 1. The van der Waals surface area contributed by atoms with E-state index in [9.17, 15) is 9.18 Å². The van der Waals surface area contributed by atoms with Crippen molar-refractivity contribution in [2.24, 2.45) is 0 Å². The summed E-state index contributed by atoms with van der Waals surface area (Å²) in [6.45, 7) is 3.36. The van der Waals surface area contributed by atoms with Gasteiger partial charge in [0.2, 0.25) is 5.91 Å². The molecule has 1 amide bonds. The lowest BCUT2D eigenvalue weighted by Gasteiger charge is -2.08. The first-order chi connectivity index (χ1) is 8.20. The summed E-state index contributed by atoms with van der Waals surface area (Å²) in [6, 6.07) is 7.91. The molecule has 0 aliphatic rings. The molecule has 17 heavy (non-hydrogen) atoms. The van der Waals surface area contributed by atoms with Crippen LogP contribution in [0.4, 0.5) is 10.1 Å². The molecule has 1 heterocycles. The number of anilines is 1. The SMILES string of the molecule is C=CC(=O)Nc1cc(F)ccc1-c1ccc[nH]1. The summed E-state index contributed by atoms with van der Waals surface area (Å²) in [5.74, 6) is -0.775. The van der Waals surface area contributed by atoms with E-state index in [2.05, 4.69) is 16.9 Å². The summed E-state index contributed by atoms with van der Waals surface area (Å²) in [5.41, 5.74) is 1.95. The molecule has 3 nitrogen and oxygen atoms in total. The van der Waals surface area contributed by atoms with E-state index in [1.165, 1.54) is 12.1 Å². The van der Waals surface area contributed by atoms with Gasteiger partial charge in [0.25, 0.3) is 0 Å². The number of aromatic nitrogens is 1. The predicted octanol–water partition coefficient (Wildman–Crippen LogP) is 2.95. The maximum Gasteiger partial charge on any atom is 0.247 e. The molecule has 1 aromatic carbocycles. The lowest BCUT2D eigenvalue weighted by Crippen LogP contribution is -2.08. The summed E-state index contributed by atoms with van der Waals surface area (Å²) >= 11 is 0. The number of aromatic amines is 1. The Morgan fingerprint density at radius 1 is 1.41 bits per heavy atom. The third kappa shape index (κ3) is 2.42. The van der Waals surface area contributed by atoms with Crippen molar-refractivity contribution >= 4 is 11.6 Å². The summed E-state index contributed by atoms with van der Waals surface area (Å²) in [5, 5.41) is 2.57. The third-order valence-electron chi connectivity index (χ3n) is 2.31. The Labute approximate surface area is 98.0 Å².